The average molecular weight is 218 g/mol. The van der Waals surface area contributed by atoms with Gasteiger partial charge < -0.3 is 5.11 Å². The van der Waals surface area contributed by atoms with E-state index in [9.17, 15) is 5.11 Å². The molecule has 16 heavy (non-hydrogen) atoms. The van der Waals surface area contributed by atoms with Crippen LogP contribution in [-0.2, 0) is 0 Å². The maximum atomic E-state index is 9.67. The summed E-state index contributed by atoms with van der Waals surface area (Å²) in [6.07, 6.45) is 1.44. The molecular weight excluding hydrogens is 196 g/mol. The maximum Gasteiger partial charge on any atom is 0.0745 e. The fraction of sp³-hybridized carbons (Fsp3) is 0.467. The van der Waals surface area contributed by atoms with Crippen molar-refractivity contribution in [3.8, 4) is 0 Å². The van der Waals surface area contributed by atoms with E-state index in [0.29, 0.717) is 5.92 Å². The molecule has 2 atom stereocenters. The molecule has 1 heteroatoms. The van der Waals surface area contributed by atoms with E-state index in [0.717, 1.165) is 18.4 Å². The Balaban J connectivity index is 2.49. The Kier molecular flexibility index (Phi) is 4.75. The monoisotopic (exact) mass is 218 g/mol. The summed E-state index contributed by atoms with van der Waals surface area (Å²) >= 11 is 0. The van der Waals surface area contributed by atoms with Crippen LogP contribution in [0.3, 0.4) is 0 Å². The van der Waals surface area contributed by atoms with Gasteiger partial charge in [-0.25, -0.2) is 0 Å². The molecule has 0 saturated heterocycles. The van der Waals surface area contributed by atoms with E-state index in [1.807, 2.05) is 6.92 Å². The largest absolute Gasteiger partial charge is 0.389 e. The lowest BCUT2D eigenvalue weighted by Crippen LogP contribution is -2.08. The topological polar surface area (TPSA) is 20.2 Å². The first-order valence-electron chi connectivity index (χ1n) is 5.90. The van der Waals surface area contributed by atoms with Gasteiger partial charge >= 0.3 is 0 Å². The fourth-order valence-corrected chi connectivity index (χ4v) is 1.72. The molecule has 0 bridgehead atoms. The fourth-order valence-electron chi connectivity index (χ4n) is 1.72. The highest BCUT2D eigenvalue weighted by atomic mass is 16.3. The molecule has 88 valence electrons. The third kappa shape index (κ3) is 3.82. The molecule has 1 nitrogen and oxygen atoms in total. The van der Waals surface area contributed by atoms with Crippen LogP contribution >= 0.6 is 0 Å². The van der Waals surface area contributed by atoms with Crippen molar-refractivity contribution in [3.05, 3.63) is 47.5 Å². The highest BCUT2D eigenvalue weighted by molar-refractivity contribution is 5.24. The van der Waals surface area contributed by atoms with Crippen LogP contribution in [0.15, 0.2) is 36.4 Å². The molecule has 0 saturated carbocycles. The lowest BCUT2D eigenvalue weighted by molar-refractivity contribution is 0.195. The van der Waals surface area contributed by atoms with Gasteiger partial charge in [0.15, 0.2) is 0 Å². The van der Waals surface area contributed by atoms with E-state index in [1.165, 1.54) is 11.1 Å². The molecule has 1 rings (SSSR count). The first kappa shape index (κ1) is 13.0. The Labute approximate surface area is 98.8 Å². The van der Waals surface area contributed by atoms with Crippen molar-refractivity contribution < 1.29 is 5.11 Å². The van der Waals surface area contributed by atoms with Crippen LogP contribution in [0.5, 0.6) is 0 Å². The van der Waals surface area contributed by atoms with Crippen molar-refractivity contribution in [2.75, 3.05) is 0 Å². The van der Waals surface area contributed by atoms with Crippen molar-refractivity contribution in [2.45, 2.75) is 45.6 Å². The predicted octanol–water partition coefficient (Wildman–Crippen LogP) is 3.82. The molecule has 0 aliphatic heterocycles. The first-order chi connectivity index (χ1) is 7.50. The van der Waals surface area contributed by atoms with Crippen molar-refractivity contribution in [3.63, 3.8) is 0 Å². The Morgan fingerprint density at radius 1 is 1.25 bits per heavy atom. The molecule has 0 spiro atoms. The molecule has 1 aromatic rings. The standard InChI is InChI=1S/C15H22O/c1-11(2)15(16)10-7-13(4)14-8-5-12(3)6-9-14/h5-6,8-9,13,15-16H,1,7,10H2,2-4H3. The Morgan fingerprint density at radius 2 is 1.81 bits per heavy atom. The van der Waals surface area contributed by atoms with Gasteiger partial charge in [-0.2, -0.15) is 0 Å². The molecule has 2 unspecified atom stereocenters. The minimum Gasteiger partial charge on any atom is -0.389 e. The number of benzene rings is 1. The Bertz CT molecular complexity index is 337. The smallest absolute Gasteiger partial charge is 0.0745 e. The van der Waals surface area contributed by atoms with Crippen LogP contribution < -0.4 is 0 Å². The summed E-state index contributed by atoms with van der Waals surface area (Å²) < 4.78 is 0. The maximum absolute atomic E-state index is 9.67. The van der Waals surface area contributed by atoms with Crippen LogP contribution in [0.25, 0.3) is 0 Å². The Morgan fingerprint density at radius 3 is 2.31 bits per heavy atom. The summed E-state index contributed by atoms with van der Waals surface area (Å²) in [5.74, 6) is 0.495. The van der Waals surface area contributed by atoms with Gasteiger partial charge in [0.25, 0.3) is 0 Å². The molecular formula is C15H22O. The van der Waals surface area contributed by atoms with E-state index in [2.05, 4.69) is 44.7 Å². The molecule has 0 aliphatic rings. The van der Waals surface area contributed by atoms with Gasteiger partial charge in [-0.3, -0.25) is 0 Å². The first-order valence-corrected chi connectivity index (χ1v) is 5.90. The summed E-state index contributed by atoms with van der Waals surface area (Å²) in [6.45, 7) is 9.94. The van der Waals surface area contributed by atoms with Crippen LogP contribution in [-0.4, -0.2) is 11.2 Å². The number of aliphatic hydroxyl groups excluding tert-OH is 1. The van der Waals surface area contributed by atoms with E-state index in [1.54, 1.807) is 0 Å². The minimum atomic E-state index is -0.354. The van der Waals surface area contributed by atoms with Crippen molar-refractivity contribution in [1.82, 2.24) is 0 Å². The summed E-state index contributed by atoms with van der Waals surface area (Å²) in [4.78, 5) is 0. The van der Waals surface area contributed by atoms with Crippen molar-refractivity contribution in [1.29, 1.82) is 0 Å². The third-order valence-electron chi connectivity index (χ3n) is 3.09. The molecule has 0 fully saturated rings. The predicted molar refractivity (Wildman–Crippen MR) is 69.6 cm³/mol. The number of hydrogen-bond acceptors (Lipinski definition) is 1. The van der Waals surface area contributed by atoms with E-state index in [4.69, 9.17) is 0 Å². The molecule has 1 N–H and O–H groups in total. The zero-order valence-corrected chi connectivity index (χ0v) is 10.5. The summed E-state index contributed by atoms with van der Waals surface area (Å²) in [5.41, 5.74) is 3.49. The van der Waals surface area contributed by atoms with Crippen LogP contribution in [0, 0.1) is 6.92 Å². The number of aliphatic hydroxyl groups is 1. The van der Waals surface area contributed by atoms with Gasteiger partial charge in [-0.1, -0.05) is 48.9 Å². The summed E-state index contributed by atoms with van der Waals surface area (Å²) in [7, 11) is 0. The molecule has 0 aromatic heterocycles. The van der Waals surface area contributed by atoms with Gasteiger partial charge in [-0.15, -0.1) is 0 Å². The quantitative estimate of drug-likeness (QED) is 0.745. The average Bonchev–Trinajstić information content (AvgIpc) is 2.26. The summed E-state index contributed by atoms with van der Waals surface area (Å²) in [6, 6.07) is 8.63. The molecule has 0 amide bonds. The Hall–Kier alpha value is -1.08. The highest BCUT2D eigenvalue weighted by Gasteiger charge is 2.09. The van der Waals surface area contributed by atoms with Gasteiger partial charge in [0.2, 0.25) is 0 Å². The van der Waals surface area contributed by atoms with Crippen molar-refractivity contribution >= 4 is 0 Å². The van der Waals surface area contributed by atoms with E-state index >= 15 is 0 Å². The third-order valence-corrected chi connectivity index (χ3v) is 3.09. The SMILES string of the molecule is C=C(C)C(O)CCC(C)c1ccc(C)cc1. The second kappa shape index (κ2) is 5.86. The zero-order valence-electron chi connectivity index (χ0n) is 10.5. The van der Waals surface area contributed by atoms with Gasteiger partial charge in [-0.05, 0) is 38.2 Å². The molecule has 0 aliphatic carbocycles. The molecule has 0 heterocycles. The highest BCUT2D eigenvalue weighted by Crippen LogP contribution is 2.22. The second-order valence-corrected chi connectivity index (χ2v) is 4.75. The van der Waals surface area contributed by atoms with Crippen LogP contribution in [0.1, 0.15) is 43.7 Å². The van der Waals surface area contributed by atoms with E-state index in [-0.39, 0.29) is 6.10 Å². The van der Waals surface area contributed by atoms with Gasteiger partial charge in [0, 0.05) is 0 Å². The molecule has 0 radical (unpaired) electrons. The van der Waals surface area contributed by atoms with Gasteiger partial charge in [0.05, 0.1) is 6.10 Å². The van der Waals surface area contributed by atoms with Crippen LogP contribution in [0.4, 0.5) is 0 Å². The summed E-state index contributed by atoms with van der Waals surface area (Å²) in [5, 5.41) is 9.67. The number of hydrogen-bond donors (Lipinski definition) is 1. The normalized spacial score (nSPS) is 14.5. The number of rotatable bonds is 5. The van der Waals surface area contributed by atoms with E-state index < -0.39 is 0 Å². The minimum absolute atomic E-state index is 0.354. The zero-order chi connectivity index (χ0) is 12.1. The number of aryl methyl sites for hydroxylation is 1. The molecule has 1 aromatic carbocycles. The van der Waals surface area contributed by atoms with Gasteiger partial charge in [0.1, 0.15) is 0 Å². The van der Waals surface area contributed by atoms with Crippen molar-refractivity contribution in [2.24, 2.45) is 0 Å². The lowest BCUT2D eigenvalue weighted by atomic mass is 9.93. The lowest BCUT2D eigenvalue weighted by Gasteiger charge is -2.15. The second-order valence-electron chi connectivity index (χ2n) is 4.75. The van der Waals surface area contributed by atoms with Crippen LogP contribution in [0.2, 0.25) is 0 Å².